The topological polar surface area (TPSA) is 116 Å². The maximum Gasteiger partial charge on any atom is 0.337 e. The first-order chi connectivity index (χ1) is 15.4. The number of nitrogens with one attached hydrogen (secondary N) is 1. The number of carboxylic acid groups (broad SMARTS) is 1. The number of aliphatic carboxylic acids is 1. The van der Waals surface area contributed by atoms with E-state index in [0.29, 0.717) is 0 Å². The minimum absolute atomic E-state index is 0.0327. The van der Waals surface area contributed by atoms with Crippen LogP contribution in [0.3, 0.4) is 0 Å². The lowest BCUT2D eigenvalue weighted by Crippen LogP contribution is -2.52. The van der Waals surface area contributed by atoms with Crippen molar-refractivity contribution < 1.29 is 29.3 Å². The standard InChI is InChI=1S/C25H34N2O6/c1-16(2)14-27(15-21(28)23(31)33-25(3,4)5)24(32)26-20(22(29)30)13-17-10-11-18-8-6-7-9-19(18)12-17/h6-12,16,20-21,28H,13-15H2,1-5H3,(H,26,32)(H,29,30)/t20-,21?/m0/s1. The SMILES string of the molecule is CC(C)CN(CC(O)C(=O)OC(C)(C)C)C(=O)N[C@@H](Cc1ccc2ccccc2c1)C(=O)O. The Balaban J connectivity index is 2.12. The fourth-order valence-electron chi connectivity index (χ4n) is 3.38. The molecule has 8 heteroatoms. The van der Waals surface area contributed by atoms with Gasteiger partial charge in [0.25, 0.3) is 0 Å². The Bertz CT molecular complexity index is 982. The maximum atomic E-state index is 12.9. The summed E-state index contributed by atoms with van der Waals surface area (Å²) in [7, 11) is 0. The highest BCUT2D eigenvalue weighted by atomic mass is 16.6. The van der Waals surface area contributed by atoms with Gasteiger partial charge < -0.3 is 25.2 Å². The maximum absolute atomic E-state index is 12.9. The number of hydrogen-bond acceptors (Lipinski definition) is 5. The number of hydrogen-bond donors (Lipinski definition) is 3. The van der Waals surface area contributed by atoms with Crippen molar-refractivity contribution in [2.24, 2.45) is 5.92 Å². The number of carbonyl (C=O) groups excluding carboxylic acids is 2. The molecule has 0 aliphatic heterocycles. The number of rotatable bonds is 9. The van der Waals surface area contributed by atoms with Crippen molar-refractivity contribution in [1.82, 2.24) is 10.2 Å². The molecule has 0 fully saturated rings. The summed E-state index contributed by atoms with van der Waals surface area (Å²) in [4.78, 5) is 38.2. The van der Waals surface area contributed by atoms with Gasteiger partial charge in [0.2, 0.25) is 0 Å². The number of esters is 1. The Kier molecular flexibility index (Phi) is 8.82. The molecule has 0 bridgehead atoms. The summed E-state index contributed by atoms with van der Waals surface area (Å²) in [5, 5.41) is 24.5. The summed E-state index contributed by atoms with van der Waals surface area (Å²) in [5.74, 6) is -1.98. The number of ether oxygens (including phenoxy) is 1. The molecule has 0 aliphatic carbocycles. The number of aliphatic hydroxyl groups excluding tert-OH is 1. The molecule has 2 atom stereocenters. The van der Waals surface area contributed by atoms with Gasteiger partial charge in [-0.15, -0.1) is 0 Å². The third-order valence-corrected chi connectivity index (χ3v) is 4.79. The summed E-state index contributed by atoms with van der Waals surface area (Å²) < 4.78 is 5.18. The van der Waals surface area contributed by atoms with Crippen LogP contribution in [0.1, 0.15) is 40.2 Å². The lowest BCUT2D eigenvalue weighted by atomic mass is 10.0. The van der Waals surface area contributed by atoms with Crippen molar-refractivity contribution in [2.75, 3.05) is 13.1 Å². The molecule has 2 amide bonds. The molecule has 0 saturated heterocycles. The fraction of sp³-hybridized carbons (Fsp3) is 0.480. The quantitative estimate of drug-likeness (QED) is 0.497. The van der Waals surface area contributed by atoms with Gasteiger partial charge in [0.1, 0.15) is 11.6 Å². The largest absolute Gasteiger partial charge is 0.480 e. The number of amides is 2. The van der Waals surface area contributed by atoms with Crippen LogP contribution in [0, 0.1) is 5.92 Å². The van der Waals surface area contributed by atoms with E-state index in [1.165, 1.54) is 4.90 Å². The summed E-state index contributed by atoms with van der Waals surface area (Å²) >= 11 is 0. The second-order valence-corrected chi connectivity index (χ2v) is 9.57. The second-order valence-electron chi connectivity index (χ2n) is 9.57. The van der Waals surface area contributed by atoms with E-state index in [4.69, 9.17) is 4.74 Å². The zero-order valence-corrected chi connectivity index (χ0v) is 19.9. The molecule has 0 aromatic heterocycles. The van der Waals surface area contributed by atoms with Crippen molar-refractivity contribution in [1.29, 1.82) is 0 Å². The second kappa shape index (κ2) is 11.1. The van der Waals surface area contributed by atoms with Gasteiger partial charge in [0.15, 0.2) is 6.10 Å². The van der Waals surface area contributed by atoms with Crippen LogP contribution in [-0.2, 0) is 20.7 Å². The van der Waals surface area contributed by atoms with Crippen LogP contribution >= 0.6 is 0 Å². The van der Waals surface area contributed by atoms with Crippen molar-refractivity contribution >= 4 is 28.7 Å². The summed E-state index contributed by atoms with van der Waals surface area (Å²) in [6.07, 6.45) is -1.45. The van der Waals surface area contributed by atoms with Crippen LogP contribution in [0.4, 0.5) is 4.79 Å². The van der Waals surface area contributed by atoms with E-state index < -0.39 is 35.7 Å². The molecule has 180 valence electrons. The number of urea groups is 1. The molecule has 3 N–H and O–H groups in total. The van der Waals surface area contributed by atoms with E-state index in [1.54, 1.807) is 20.8 Å². The Hall–Kier alpha value is -3.13. The first-order valence-electron chi connectivity index (χ1n) is 11.0. The van der Waals surface area contributed by atoms with Crippen LogP contribution in [0.15, 0.2) is 42.5 Å². The van der Waals surface area contributed by atoms with Gasteiger partial charge in [0, 0.05) is 13.0 Å². The minimum Gasteiger partial charge on any atom is -0.480 e. The van der Waals surface area contributed by atoms with Gasteiger partial charge in [-0.05, 0) is 43.0 Å². The number of aliphatic hydroxyl groups is 1. The predicted octanol–water partition coefficient (Wildman–Crippen LogP) is 3.21. The highest BCUT2D eigenvalue weighted by Crippen LogP contribution is 2.17. The molecule has 0 heterocycles. The van der Waals surface area contributed by atoms with Crippen molar-refractivity contribution in [3.63, 3.8) is 0 Å². The lowest BCUT2D eigenvalue weighted by Gasteiger charge is -2.29. The molecule has 0 aliphatic rings. The molecule has 2 aromatic carbocycles. The van der Waals surface area contributed by atoms with E-state index in [-0.39, 0.29) is 25.4 Å². The van der Waals surface area contributed by atoms with Crippen molar-refractivity contribution in [3.8, 4) is 0 Å². The molecular weight excluding hydrogens is 424 g/mol. The zero-order chi connectivity index (χ0) is 24.8. The molecule has 1 unspecified atom stereocenters. The first kappa shape index (κ1) is 26.1. The zero-order valence-electron chi connectivity index (χ0n) is 19.9. The average molecular weight is 459 g/mol. The Morgan fingerprint density at radius 2 is 1.67 bits per heavy atom. The summed E-state index contributed by atoms with van der Waals surface area (Å²) in [6, 6.07) is 11.5. The van der Waals surface area contributed by atoms with Crippen LogP contribution in [-0.4, -0.2) is 63.9 Å². The van der Waals surface area contributed by atoms with Gasteiger partial charge in [-0.3, -0.25) is 0 Å². The number of benzene rings is 2. The van der Waals surface area contributed by atoms with Gasteiger partial charge in [-0.1, -0.05) is 56.3 Å². The summed E-state index contributed by atoms with van der Waals surface area (Å²) in [5.41, 5.74) is -0.0112. The molecule has 0 spiro atoms. The lowest BCUT2D eigenvalue weighted by molar-refractivity contribution is -0.165. The normalized spacial score (nSPS) is 13.4. The van der Waals surface area contributed by atoms with Crippen LogP contribution in [0.2, 0.25) is 0 Å². The molecule has 2 aromatic rings. The van der Waals surface area contributed by atoms with Crippen molar-refractivity contribution in [2.45, 2.75) is 58.8 Å². The number of carboxylic acids is 1. The monoisotopic (exact) mass is 458 g/mol. The fourth-order valence-corrected chi connectivity index (χ4v) is 3.38. The number of nitrogens with zero attached hydrogens (tertiary/aromatic N) is 1. The van der Waals surface area contributed by atoms with Crippen LogP contribution in [0.5, 0.6) is 0 Å². The van der Waals surface area contributed by atoms with Crippen LogP contribution < -0.4 is 5.32 Å². The van der Waals surface area contributed by atoms with E-state index in [9.17, 15) is 24.6 Å². The van der Waals surface area contributed by atoms with Gasteiger partial charge in [-0.2, -0.15) is 0 Å². The van der Waals surface area contributed by atoms with E-state index in [1.807, 2.05) is 56.3 Å². The molecule has 0 saturated carbocycles. The molecular formula is C25H34N2O6. The minimum atomic E-state index is -1.54. The van der Waals surface area contributed by atoms with Crippen LogP contribution in [0.25, 0.3) is 10.8 Å². The predicted molar refractivity (Wildman–Crippen MR) is 126 cm³/mol. The van der Waals surface area contributed by atoms with Crippen molar-refractivity contribution in [3.05, 3.63) is 48.0 Å². The third-order valence-electron chi connectivity index (χ3n) is 4.79. The van der Waals surface area contributed by atoms with Gasteiger partial charge in [-0.25, -0.2) is 14.4 Å². The van der Waals surface area contributed by atoms with Gasteiger partial charge >= 0.3 is 18.0 Å². The molecule has 2 rings (SSSR count). The third kappa shape index (κ3) is 8.38. The Labute approximate surface area is 194 Å². The first-order valence-corrected chi connectivity index (χ1v) is 11.0. The molecule has 0 radical (unpaired) electrons. The molecule has 8 nitrogen and oxygen atoms in total. The Morgan fingerprint density at radius 3 is 2.24 bits per heavy atom. The smallest absolute Gasteiger partial charge is 0.337 e. The Morgan fingerprint density at radius 1 is 1.03 bits per heavy atom. The van der Waals surface area contributed by atoms with E-state index >= 15 is 0 Å². The highest BCUT2D eigenvalue weighted by molar-refractivity contribution is 5.85. The van der Waals surface area contributed by atoms with Gasteiger partial charge in [0.05, 0.1) is 6.54 Å². The molecule has 33 heavy (non-hydrogen) atoms. The summed E-state index contributed by atoms with van der Waals surface area (Å²) in [6.45, 7) is 8.73. The highest BCUT2D eigenvalue weighted by Gasteiger charge is 2.29. The number of carbonyl (C=O) groups is 3. The number of fused-ring (bicyclic) bond motifs is 1. The average Bonchev–Trinajstić information content (AvgIpc) is 2.70. The van der Waals surface area contributed by atoms with E-state index in [0.717, 1.165) is 16.3 Å². The van der Waals surface area contributed by atoms with E-state index in [2.05, 4.69) is 5.32 Å².